The molecular weight excluding hydrogens is 330 g/mol. The predicted molar refractivity (Wildman–Crippen MR) is 74.6 cm³/mol. The van der Waals surface area contributed by atoms with Gasteiger partial charge in [-0.15, -0.1) is 0 Å². The van der Waals surface area contributed by atoms with Gasteiger partial charge in [0.15, 0.2) is 0 Å². The molecule has 24 heavy (non-hydrogen) atoms. The zero-order chi connectivity index (χ0) is 18.9. The van der Waals surface area contributed by atoms with E-state index >= 15 is 0 Å². The summed E-state index contributed by atoms with van der Waals surface area (Å²) in [6.45, 7) is -0.799. The van der Waals surface area contributed by atoms with E-state index in [9.17, 15) is 28.8 Å². The van der Waals surface area contributed by atoms with Gasteiger partial charge in [0, 0.05) is 5.92 Å². The van der Waals surface area contributed by atoms with Gasteiger partial charge in [-0.1, -0.05) is 0 Å². The highest BCUT2D eigenvalue weighted by Crippen LogP contribution is 2.06. The summed E-state index contributed by atoms with van der Waals surface area (Å²) in [6, 6.07) is -3.26. The first-order valence-corrected chi connectivity index (χ1v) is 6.52. The SMILES string of the molecule is N[C@H](C(=O)N[C@@H](CC(=O)O)C(=O)NCC(=O)O)C(C=O)CC(=O)O. The zero-order valence-corrected chi connectivity index (χ0v) is 12.3. The monoisotopic (exact) mass is 347 g/mol. The predicted octanol–water partition coefficient (Wildman–Crippen LogP) is -3.24. The summed E-state index contributed by atoms with van der Waals surface area (Å²) in [5.41, 5.74) is 5.44. The molecule has 0 aromatic heterocycles. The van der Waals surface area contributed by atoms with Gasteiger partial charge in [0.1, 0.15) is 18.9 Å². The Hall–Kier alpha value is -3.02. The molecule has 12 heteroatoms. The van der Waals surface area contributed by atoms with Crippen molar-refractivity contribution >= 4 is 36.0 Å². The lowest BCUT2D eigenvalue weighted by atomic mass is 9.97. The molecule has 1 unspecified atom stereocenters. The van der Waals surface area contributed by atoms with Crippen molar-refractivity contribution in [1.82, 2.24) is 10.6 Å². The van der Waals surface area contributed by atoms with E-state index in [1.54, 1.807) is 0 Å². The molecule has 0 fully saturated rings. The van der Waals surface area contributed by atoms with Gasteiger partial charge in [-0.25, -0.2) is 0 Å². The van der Waals surface area contributed by atoms with Gasteiger partial charge in [0.05, 0.1) is 18.9 Å². The first kappa shape index (κ1) is 21.0. The smallest absolute Gasteiger partial charge is 0.322 e. The van der Waals surface area contributed by atoms with Crippen molar-refractivity contribution in [2.75, 3.05) is 6.54 Å². The molecule has 0 saturated carbocycles. The van der Waals surface area contributed by atoms with Gasteiger partial charge in [0.2, 0.25) is 11.8 Å². The third kappa shape index (κ3) is 7.84. The van der Waals surface area contributed by atoms with E-state index in [4.69, 9.17) is 21.1 Å². The Bertz CT molecular complexity index is 534. The van der Waals surface area contributed by atoms with Crippen molar-refractivity contribution in [3.63, 3.8) is 0 Å². The second-order valence-electron chi connectivity index (χ2n) is 4.69. The average Bonchev–Trinajstić information content (AvgIpc) is 2.47. The number of nitrogens with two attached hydrogens (primary N) is 1. The van der Waals surface area contributed by atoms with Crippen LogP contribution in [0.1, 0.15) is 12.8 Å². The molecule has 0 heterocycles. The molecule has 0 spiro atoms. The molecule has 0 bridgehead atoms. The fourth-order valence-electron chi connectivity index (χ4n) is 1.59. The second kappa shape index (κ2) is 9.89. The Kier molecular flexibility index (Phi) is 8.64. The number of hydrogen-bond acceptors (Lipinski definition) is 7. The maximum absolute atomic E-state index is 11.9. The molecule has 0 aliphatic carbocycles. The molecule has 0 aliphatic heterocycles. The molecule has 0 aromatic rings. The highest BCUT2D eigenvalue weighted by atomic mass is 16.4. The van der Waals surface area contributed by atoms with Crippen molar-refractivity contribution in [3.05, 3.63) is 0 Å². The topological polar surface area (TPSA) is 213 Å². The Morgan fingerprint density at radius 3 is 1.88 bits per heavy atom. The molecular formula is C12H17N3O9. The second-order valence-corrected chi connectivity index (χ2v) is 4.69. The Balaban J connectivity index is 4.98. The van der Waals surface area contributed by atoms with Crippen LogP contribution in [0.5, 0.6) is 0 Å². The molecule has 0 saturated heterocycles. The van der Waals surface area contributed by atoms with Crippen LogP contribution in [-0.2, 0) is 28.8 Å². The van der Waals surface area contributed by atoms with Crippen molar-refractivity contribution in [1.29, 1.82) is 0 Å². The van der Waals surface area contributed by atoms with E-state index in [1.807, 2.05) is 10.6 Å². The van der Waals surface area contributed by atoms with E-state index in [0.717, 1.165) is 0 Å². The van der Waals surface area contributed by atoms with E-state index in [2.05, 4.69) is 0 Å². The Labute approximate surface area is 135 Å². The van der Waals surface area contributed by atoms with E-state index in [-0.39, 0.29) is 6.29 Å². The van der Waals surface area contributed by atoms with Crippen LogP contribution in [0.15, 0.2) is 0 Å². The van der Waals surface area contributed by atoms with Gasteiger partial charge in [-0.05, 0) is 0 Å². The Morgan fingerprint density at radius 1 is 0.917 bits per heavy atom. The van der Waals surface area contributed by atoms with Crippen LogP contribution in [0.25, 0.3) is 0 Å². The summed E-state index contributed by atoms with van der Waals surface area (Å²) in [5, 5.41) is 29.6. The number of carbonyl (C=O) groups excluding carboxylic acids is 3. The summed E-state index contributed by atoms with van der Waals surface area (Å²) in [4.78, 5) is 66.1. The Morgan fingerprint density at radius 2 is 1.46 bits per heavy atom. The summed E-state index contributed by atoms with van der Waals surface area (Å²) >= 11 is 0. The highest BCUT2D eigenvalue weighted by Gasteiger charge is 2.31. The third-order valence-corrected chi connectivity index (χ3v) is 2.77. The number of carboxylic acid groups (broad SMARTS) is 3. The minimum absolute atomic E-state index is 0.162. The molecule has 0 aliphatic rings. The molecule has 134 valence electrons. The standard InChI is InChI=1S/C12H17N3O9/c13-10(5(4-16)1-7(17)18)12(24)15-6(2-8(19)20)11(23)14-3-9(21)22/h4-6,10H,1-3,13H2,(H,14,23)(H,15,24)(H,17,18)(H,19,20)(H,21,22)/t5?,6-,10-/m0/s1. The van der Waals surface area contributed by atoms with Crippen molar-refractivity contribution < 1.29 is 44.1 Å². The zero-order valence-electron chi connectivity index (χ0n) is 12.3. The largest absolute Gasteiger partial charge is 0.481 e. The van der Waals surface area contributed by atoms with Crippen molar-refractivity contribution in [2.45, 2.75) is 24.9 Å². The fraction of sp³-hybridized carbons (Fsp3) is 0.500. The molecule has 12 nitrogen and oxygen atoms in total. The number of carboxylic acids is 3. The van der Waals surface area contributed by atoms with Crippen LogP contribution >= 0.6 is 0 Å². The summed E-state index contributed by atoms with van der Waals surface area (Å²) in [6.07, 6.45) is -1.43. The summed E-state index contributed by atoms with van der Waals surface area (Å²) < 4.78 is 0. The quantitative estimate of drug-likeness (QED) is 0.205. The van der Waals surface area contributed by atoms with Crippen LogP contribution in [0, 0.1) is 5.92 Å². The maximum atomic E-state index is 11.9. The van der Waals surface area contributed by atoms with Crippen molar-refractivity contribution in [3.8, 4) is 0 Å². The first-order valence-electron chi connectivity index (χ1n) is 6.52. The lowest BCUT2D eigenvalue weighted by molar-refractivity contribution is -0.141. The lowest BCUT2D eigenvalue weighted by Crippen LogP contribution is -2.55. The molecule has 0 rings (SSSR count). The maximum Gasteiger partial charge on any atom is 0.322 e. The van der Waals surface area contributed by atoms with Gasteiger partial charge in [-0.3, -0.25) is 24.0 Å². The normalized spacial score (nSPS) is 13.9. The molecule has 2 amide bonds. The molecule has 0 aromatic carbocycles. The van der Waals surface area contributed by atoms with Gasteiger partial charge >= 0.3 is 17.9 Å². The van der Waals surface area contributed by atoms with Crippen molar-refractivity contribution in [2.24, 2.45) is 11.7 Å². The number of nitrogens with one attached hydrogen (secondary N) is 2. The first-order chi connectivity index (χ1) is 11.1. The minimum atomic E-state index is -1.64. The number of aldehydes is 1. The van der Waals surface area contributed by atoms with E-state index in [1.165, 1.54) is 0 Å². The summed E-state index contributed by atoms with van der Waals surface area (Å²) in [7, 11) is 0. The van der Waals surface area contributed by atoms with Crippen LogP contribution in [0.4, 0.5) is 0 Å². The minimum Gasteiger partial charge on any atom is -0.481 e. The summed E-state index contributed by atoms with van der Waals surface area (Å²) in [5.74, 6) is -7.81. The number of aliphatic carboxylic acids is 3. The number of carbonyl (C=O) groups is 6. The molecule has 7 N–H and O–H groups in total. The van der Waals surface area contributed by atoms with Crippen LogP contribution in [0.2, 0.25) is 0 Å². The third-order valence-electron chi connectivity index (χ3n) is 2.77. The van der Waals surface area contributed by atoms with Gasteiger partial charge in [0.25, 0.3) is 0 Å². The van der Waals surface area contributed by atoms with Crippen LogP contribution in [-0.4, -0.2) is 70.0 Å². The van der Waals surface area contributed by atoms with Crippen LogP contribution in [0.3, 0.4) is 0 Å². The van der Waals surface area contributed by atoms with Gasteiger partial charge < -0.3 is 36.5 Å². The lowest BCUT2D eigenvalue weighted by Gasteiger charge is -2.21. The van der Waals surface area contributed by atoms with E-state index < -0.39 is 67.1 Å². The molecule has 3 atom stereocenters. The van der Waals surface area contributed by atoms with Gasteiger partial charge in [-0.2, -0.15) is 0 Å². The number of rotatable bonds is 11. The van der Waals surface area contributed by atoms with Crippen LogP contribution < -0.4 is 16.4 Å². The fourth-order valence-corrected chi connectivity index (χ4v) is 1.59. The molecule has 0 radical (unpaired) electrons. The average molecular weight is 347 g/mol. The highest BCUT2D eigenvalue weighted by molar-refractivity contribution is 5.94. The number of hydrogen-bond donors (Lipinski definition) is 6. The number of amides is 2. The van der Waals surface area contributed by atoms with E-state index in [0.29, 0.717) is 0 Å².